The van der Waals surface area contributed by atoms with E-state index in [-0.39, 0.29) is 5.82 Å². The van der Waals surface area contributed by atoms with Crippen LogP contribution in [0.2, 0.25) is 0 Å². The van der Waals surface area contributed by atoms with E-state index in [1.807, 2.05) is 0 Å². The summed E-state index contributed by atoms with van der Waals surface area (Å²) in [6.07, 6.45) is 0. The molecule has 1 radical (unpaired) electrons. The molecule has 0 aromatic carbocycles. The van der Waals surface area contributed by atoms with Crippen LogP contribution in [0.25, 0.3) is 0 Å². The monoisotopic (exact) mass is 229 g/mol. The Morgan fingerprint density at radius 3 is 2.93 bits per heavy atom. The molecule has 9 heteroatoms. The fourth-order valence-electron chi connectivity index (χ4n) is 0.675. The number of hydrogen-bond acceptors (Lipinski definition) is 7. The molecule has 0 atom stereocenters. The largest absolute Gasteiger partial charge is 0.480 e. The lowest BCUT2D eigenvalue weighted by molar-refractivity contribution is -0.137. The maximum absolute atomic E-state index is 10.6. The van der Waals surface area contributed by atoms with Gasteiger partial charge in [0.15, 0.2) is 5.82 Å². The summed E-state index contributed by atoms with van der Waals surface area (Å²) in [6.45, 7) is 0.502. The van der Waals surface area contributed by atoms with Crippen LogP contribution < -0.4 is 0 Å². The number of nitrogens with zero attached hydrogens (tertiary/aromatic N) is 4. The van der Waals surface area contributed by atoms with Gasteiger partial charge in [0.25, 0.3) is 0 Å². The molecule has 0 bridgehead atoms. The van der Waals surface area contributed by atoms with Gasteiger partial charge in [-0.2, -0.15) is 0 Å². The highest BCUT2D eigenvalue weighted by atomic mass is 32.1. The highest BCUT2D eigenvalue weighted by molar-refractivity contribution is 7.80. The SMILES string of the molecule is O=C(O)Cn1nnnc1[CH]OC(=O)C=S. The zero-order chi connectivity index (χ0) is 11.3. The molecule has 1 aromatic heterocycles. The number of carboxylic acid groups (broad SMARTS) is 1. The number of ether oxygens (including phenoxy) is 1. The smallest absolute Gasteiger partial charge is 0.342 e. The predicted octanol–water partition coefficient (Wildman–Crippen LogP) is -1.19. The normalized spacial score (nSPS) is 9.60. The summed E-state index contributed by atoms with van der Waals surface area (Å²) in [6, 6.07) is 0. The van der Waals surface area contributed by atoms with Crippen molar-refractivity contribution in [3.8, 4) is 0 Å². The second-order valence-electron chi connectivity index (χ2n) is 2.26. The molecule has 0 spiro atoms. The molecule has 0 saturated heterocycles. The van der Waals surface area contributed by atoms with Crippen molar-refractivity contribution in [2.24, 2.45) is 0 Å². The lowest BCUT2D eigenvalue weighted by Gasteiger charge is -2.00. The highest BCUT2D eigenvalue weighted by Crippen LogP contribution is 1.97. The number of esters is 1. The molecule has 1 heterocycles. The summed E-state index contributed by atoms with van der Waals surface area (Å²) < 4.78 is 5.44. The molecule has 0 saturated carbocycles. The maximum atomic E-state index is 10.6. The topological polar surface area (TPSA) is 107 Å². The Labute approximate surface area is 88.8 Å². The van der Waals surface area contributed by atoms with E-state index in [9.17, 15) is 9.59 Å². The lowest BCUT2D eigenvalue weighted by atomic mass is 10.6. The maximum Gasteiger partial charge on any atom is 0.342 e. The van der Waals surface area contributed by atoms with Crippen LogP contribution in [0.5, 0.6) is 0 Å². The standard InChI is InChI=1S/C6H5N4O4S/c11-5(12)1-10-4(7-8-9-10)2-14-6(13)3-15/h2-3H,1H2,(H,11,12). The van der Waals surface area contributed by atoms with E-state index in [0.717, 1.165) is 16.7 Å². The highest BCUT2D eigenvalue weighted by Gasteiger charge is 2.11. The van der Waals surface area contributed by atoms with Crippen molar-refractivity contribution < 1.29 is 19.4 Å². The molecular formula is C6H5N4O4S. The van der Waals surface area contributed by atoms with Gasteiger partial charge in [0.05, 0.1) is 5.37 Å². The molecule has 1 rings (SSSR count). The number of carbonyl (C=O) groups excluding carboxylic acids is 1. The van der Waals surface area contributed by atoms with E-state index in [0.29, 0.717) is 0 Å². The number of tetrazole rings is 1. The van der Waals surface area contributed by atoms with Gasteiger partial charge in [0.2, 0.25) is 6.61 Å². The molecule has 0 aliphatic rings. The van der Waals surface area contributed by atoms with Crippen LogP contribution in [-0.2, 0) is 20.9 Å². The number of carboxylic acids is 1. The van der Waals surface area contributed by atoms with Gasteiger partial charge >= 0.3 is 11.9 Å². The summed E-state index contributed by atoms with van der Waals surface area (Å²) in [7, 11) is 0. The van der Waals surface area contributed by atoms with Gasteiger partial charge in [0, 0.05) is 0 Å². The third-order valence-corrected chi connectivity index (χ3v) is 1.41. The van der Waals surface area contributed by atoms with Crippen molar-refractivity contribution in [2.45, 2.75) is 6.54 Å². The van der Waals surface area contributed by atoms with Gasteiger partial charge in [0.1, 0.15) is 6.54 Å². The average molecular weight is 229 g/mol. The second kappa shape index (κ2) is 5.10. The fourth-order valence-corrected chi connectivity index (χ4v) is 0.731. The zero-order valence-corrected chi connectivity index (χ0v) is 8.05. The first-order valence-corrected chi connectivity index (χ1v) is 4.07. The van der Waals surface area contributed by atoms with Crippen LogP contribution in [0.4, 0.5) is 0 Å². The number of hydrogen-bond donors (Lipinski definition) is 1. The number of aliphatic carboxylic acids is 1. The number of rotatable bonds is 5. The fraction of sp³-hybridized carbons (Fsp3) is 0.167. The Morgan fingerprint density at radius 2 is 2.33 bits per heavy atom. The Balaban J connectivity index is 2.60. The van der Waals surface area contributed by atoms with Crippen molar-refractivity contribution in [2.75, 3.05) is 0 Å². The predicted molar refractivity (Wildman–Crippen MR) is 48.6 cm³/mol. The third kappa shape index (κ3) is 3.38. The van der Waals surface area contributed by atoms with Gasteiger partial charge in [-0.3, -0.25) is 4.79 Å². The second-order valence-corrected chi connectivity index (χ2v) is 2.50. The minimum Gasteiger partial charge on any atom is -0.480 e. The van der Waals surface area contributed by atoms with E-state index < -0.39 is 18.5 Å². The Hall–Kier alpha value is -1.90. The van der Waals surface area contributed by atoms with Gasteiger partial charge < -0.3 is 9.84 Å². The van der Waals surface area contributed by atoms with Gasteiger partial charge in [-0.25, -0.2) is 9.48 Å². The Bertz CT molecular complexity index is 390. The van der Waals surface area contributed by atoms with Crippen LogP contribution >= 0.6 is 12.2 Å². The lowest BCUT2D eigenvalue weighted by Crippen LogP contribution is -2.14. The van der Waals surface area contributed by atoms with Gasteiger partial charge in [-0.15, -0.1) is 5.10 Å². The number of aromatic nitrogens is 4. The van der Waals surface area contributed by atoms with Crippen molar-refractivity contribution in [1.82, 2.24) is 20.2 Å². The summed E-state index contributed by atoms with van der Waals surface area (Å²) in [4.78, 5) is 21.0. The van der Waals surface area contributed by atoms with Crippen molar-refractivity contribution in [3.05, 3.63) is 12.4 Å². The molecule has 8 nitrogen and oxygen atoms in total. The van der Waals surface area contributed by atoms with Crippen molar-refractivity contribution >= 4 is 29.5 Å². The molecule has 1 N–H and O–H groups in total. The van der Waals surface area contributed by atoms with E-state index in [2.05, 4.69) is 32.5 Å². The third-order valence-electron chi connectivity index (χ3n) is 1.22. The summed E-state index contributed by atoms with van der Waals surface area (Å²) in [5.74, 6) is -1.85. The minimum atomic E-state index is -1.11. The van der Waals surface area contributed by atoms with Crippen molar-refractivity contribution in [1.29, 1.82) is 0 Å². The van der Waals surface area contributed by atoms with Crippen LogP contribution in [0, 0.1) is 6.61 Å². The molecule has 0 aliphatic carbocycles. The van der Waals surface area contributed by atoms with E-state index in [1.165, 1.54) is 0 Å². The zero-order valence-electron chi connectivity index (χ0n) is 7.23. The van der Waals surface area contributed by atoms with Crippen molar-refractivity contribution in [3.63, 3.8) is 0 Å². The van der Waals surface area contributed by atoms with Crippen LogP contribution in [0.1, 0.15) is 5.82 Å². The molecular weight excluding hydrogens is 224 g/mol. The first-order chi connectivity index (χ1) is 7.13. The van der Waals surface area contributed by atoms with Gasteiger partial charge in [-0.1, -0.05) is 12.2 Å². The van der Waals surface area contributed by atoms with Crippen LogP contribution in [0.15, 0.2) is 0 Å². The summed E-state index contributed by atoms with van der Waals surface area (Å²) in [5, 5.41) is 19.3. The first-order valence-electron chi connectivity index (χ1n) is 3.60. The Kier molecular flexibility index (Phi) is 3.80. The Morgan fingerprint density at radius 1 is 1.60 bits per heavy atom. The molecule has 15 heavy (non-hydrogen) atoms. The molecule has 79 valence electrons. The molecule has 1 aromatic rings. The summed E-state index contributed by atoms with van der Waals surface area (Å²) >= 11 is 4.30. The number of carbonyl (C=O) groups is 2. The molecule has 0 amide bonds. The average Bonchev–Trinajstić information content (AvgIpc) is 2.61. The van der Waals surface area contributed by atoms with E-state index in [1.54, 1.807) is 0 Å². The van der Waals surface area contributed by atoms with E-state index in [4.69, 9.17) is 5.11 Å². The summed E-state index contributed by atoms with van der Waals surface area (Å²) in [5.41, 5.74) is 0. The first kappa shape index (κ1) is 11.2. The van der Waals surface area contributed by atoms with E-state index >= 15 is 0 Å². The number of thiocarbonyl (C=S) groups is 1. The van der Waals surface area contributed by atoms with Crippen LogP contribution in [0.3, 0.4) is 0 Å². The minimum absolute atomic E-state index is 0.0163. The molecule has 0 unspecified atom stereocenters. The van der Waals surface area contributed by atoms with Gasteiger partial charge in [-0.05, 0) is 10.4 Å². The van der Waals surface area contributed by atoms with Crippen LogP contribution in [-0.4, -0.2) is 42.6 Å². The molecule has 0 fully saturated rings. The molecule has 0 aliphatic heterocycles. The quantitative estimate of drug-likeness (QED) is 0.496.